The number of carbonyl (C=O) groups is 2. The van der Waals surface area contributed by atoms with Crippen molar-refractivity contribution in [3.63, 3.8) is 0 Å². The van der Waals surface area contributed by atoms with Crippen LogP contribution in [0.5, 0.6) is 11.5 Å². The highest BCUT2D eigenvalue weighted by molar-refractivity contribution is 7.89. The van der Waals surface area contributed by atoms with Crippen molar-refractivity contribution in [1.29, 1.82) is 0 Å². The van der Waals surface area contributed by atoms with Crippen LogP contribution in [-0.2, 0) is 65.0 Å². The number of ether oxygens (including phenoxy) is 4. The largest absolute Gasteiger partial charge is 0.497 e. The Hall–Kier alpha value is -4.96. The Morgan fingerprint density at radius 2 is 0.945 bits per heavy atom. The Morgan fingerprint density at radius 1 is 0.589 bits per heavy atom. The molecule has 0 aliphatic carbocycles. The van der Waals surface area contributed by atoms with Crippen LogP contribution in [0.2, 0.25) is 0 Å². The van der Waals surface area contributed by atoms with Crippen molar-refractivity contribution < 1.29 is 50.5 Å². The molecular weight excluding hydrogens is 973 g/mol. The molecule has 408 valence electrons. The minimum absolute atomic E-state index is 0.0102. The number of sulfonamides is 2. The number of hydrogen-bond donors (Lipinski definition) is 4. The van der Waals surface area contributed by atoms with Gasteiger partial charge in [0.05, 0.1) is 37.2 Å². The molecule has 4 N–H and O–H groups in total. The molecule has 4 rings (SSSR count). The quantitative estimate of drug-likeness (QED) is 0.0473. The zero-order valence-electron chi connectivity index (χ0n) is 45.8. The van der Waals surface area contributed by atoms with Crippen molar-refractivity contribution >= 4 is 31.9 Å². The lowest BCUT2D eigenvalue weighted by atomic mass is 10.1. The standard InChI is InChI=1S/C27H41N3O5S.C14H21NO6S.C13H22N2/c1-20(2)28-13-12-23-8-10-24(11-9-23)18-29(5)26(31)19-35-15-14-30(6)36(32,33)27-21(3)16-25(34-7)17-22(27)4;1-10-7-12(20-4)8-11(2)14(10)22(18,19)15(3)5-6-21-9-13(16)17;1-11(2)15-9-8-12-4-6-13(7-5-12)10-14-3/h8-11,16-17,20,28H,12-15,18-19H2,1-7H3;7-8H,5-6,9H2,1-4H3,(H,16,17);4-7,11,14-15H,8-10H2,1-3H3. The molecule has 19 heteroatoms. The van der Waals surface area contributed by atoms with E-state index in [4.69, 9.17) is 24.1 Å². The van der Waals surface area contributed by atoms with Gasteiger partial charge in [-0.1, -0.05) is 76.2 Å². The zero-order chi connectivity index (χ0) is 54.9. The summed E-state index contributed by atoms with van der Waals surface area (Å²) >= 11 is 0. The third-order valence-electron chi connectivity index (χ3n) is 11.4. The van der Waals surface area contributed by atoms with E-state index in [9.17, 15) is 26.4 Å². The number of aryl methyl sites for hydroxylation is 4. The Morgan fingerprint density at radius 3 is 1.29 bits per heavy atom. The Labute approximate surface area is 437 Å². The molecule has 0 saturated heterocycles. The monoisotopic (exact) mass is 1060 g/mol. The number of rotatable bonds is 28. The van der Waals surface area contributed by atoms with E-state index in [0.29, 0.717) is 52.4 Å². The normalized spacial score (nSPS) is 11.6. The predicted molar refractivity (Wildman–Crippen MR) is 290 cm³/mol. The molecule has 0 heterocycles. The number of carboxylic acid groups (broad SMARTS) is 1. The van der Waals surface area contributed by atoms with Crippen molar-refractivity contribution in [1.82, 2.24) is 29.5 Å². The van der Waals surface area contributed by atoms with E-state index in [1.807, 2.05) is 19.2 Å². The Balaban J connectivity index is 0.000000417. The van der Waals surface area contributed by atoms with Crippen LogP contribution < -0.4 is 25.4 Å². The van der Waals surface area contributed by atoms with Gasteiger partial charge in [-0.2, -0.15) is 8.61 Å². The summed E-state index contributed by atoms with van der Waals surface area (Å²) in [5.74, 6) is -0.0336. The second-order valence-corrected chi connectivity index (χ2v) is 22.4. The van der Waals surface area contributed by atoms with Gasteiger partial charge in [-0.05, 0) is 129 Å². The summed E-state index contributed by atoms with van der Waals surface area (Å²) in [6.45, 7) is 18.7. The molecule has 17 nitrogen and oxygen atoms in total. The number of hydrogen-bond acceptors (Lipinski definition) is 13. The van der Waals surface area contributed by atoms with Crippen LogP contribution in [0.1, 0.15) is 72.2 Å². The van der Waals surface area contributed by atoms with Gasteiger partial charge >= 0.3 is 5.97 Å². The van der Waals surface area contributed by atoms with Crippen molar-refractivity contribution in [3.8, 4) is 11.5 Å². The van der Waals surface area contributed by atoms with Crippen LogP contribution in [0.15, 0.2) is 82.6 Å². The summed E-state index contributed by atoms with van der Waals surface area (Å²) in [7, 11) is 2.35. The molecule has 1 amide bonds. The van der Waals surface area contributed by atoms with Gasteiger partial charge in [0.15, 0.2) is 0 Å². The SMILES string of the molecule is CNCc1ccc(CCNC(C)C)cc1.COc1cc(C)c(S(=O)(=O)N(C)CCOCC(=O)N(C)Cc2ccc(CCNC(C)C)cc2)c(C)c1.COc1cc(C)c(S(=O)(=O)N(C)CCOCC(=O)O)c(C)c1. The van der Waals surface area contributed by atoms with Crippen LogP contribution in [0, 0.1) is 27.7 Å². The van der Waals surface area contributed by atoms with Crippen LogP contribution in [0.25, 0.3) is 0 Å². The summed E-state index contributed by atoms with van der Waals surface area (Å²) in [4.78, 5) is 24.9. The molecule has 4 aromatic carbocycles. The number of likely N-dealkylation sites (N-methyl/N-ethyl adjacent to an activating group) is 3. The van der Waals surface area contributed by atoms with E-state index >= 15 is 0 Å². The molecule has 0 atom stereocenters. The second-order valence-electron chi connectivity index (χ2n) is 18.5. The van der Waals surface area contributed by atoms with Gasteiger partial charge in [-0.3, -0.25) is 4.79 Å². The molecule has 0 radical (unpaired) electrons. The van der Waals surface area contributed by atoms with Crippen molar-refractivity contribution in [2.45, 2.75) is 103 Å². The van der Waals surface area contributed by atoms with E-state index in [-0.39, 0.29) is 48.6 Å². The van der Waals surface area contributed by atoms with E-state index in [1.54, 1.807) is 71.0 Å². The van der Waals surface area contributed by atoms with Gasteiger partial charge in [0, 0.05) is 59.4 Å². The number of nitrogens with one attached hydrogen (secondary N) is 3. The van der Waals surface area contributed by atoms with Crippen LogP contribution >= 0.6 is 0 Å². The lowest BCUT2D eigenvalue weighted by Gasteiger charge is -2.21. The number of carbonyl (C=O) groups excluding carboxylic acids is 1. The number of carboxylic acids is 1. The lowest BCUT2D eigenvalue weighted by Crippen LogP contribution is -2.33. The molecule has 0 unspecified atom stereocenters. The topological polar surface area (TPSA) is 205 Å². The predicted octanol–water partition coefficient (Wildman–Crippen LogP) is 6.13. The number of nitrogens with zero attached hydrogens (tertiary/aromatic N) is 3. The molecule has 73 heavy (non-hydrogen) atoms. The van der Waals surface area contributed by atoms with Crippen molar-refractivity contribution in [3.05, 3.63) is 117 Å². The first-order valence-electron chi connectivity index (χ1n) is 24.5. The summed E-state index contributed by atoms with van der Waals surface area (Å²) < 4.78 is 74.5. The highest BCUT2D eigenvalue weighted by Crippen LogP contribution is 2.29. The molecule has 0 aromatic heterocycles. The first-order valence-corrected chi connectivity index (χ1v) is 27.4. The third-order valence-corrected chi connectivity index (χ3v) is 15.8. The average Bonchev–Trinajstić information content (AvgIpc) is 3.32. The summed E-state index contributed by atoms with van der Waals surface area (Å²) in [5, 5.41) is 18.4. The third kappa shape index (κ3) is 22.6. The Kier molecular flexibility index (Phi) is 28.4. The average molecular weight is 1060 g/mol. The fraction of sp³-hybridized carbons (Fsp3) is 0.519. The number of aliphatic carboxylic acids is 1. The molecule has 4 aromatic rings. The second kappa shape index (κ2) is 32.4. The van der Waals surface area contributed by atoms with E-state index in [1.165, 1.54) is 42.2 Å². The van der Waals surface area contributed by atoms with E-state index in [0.717, 1.165) is 42.3 Å². The highest BCUT2D eigenvalue weighted by atomic mass is 32.2. The minimum Gasteiger partial charge on any atom is -0.497 e. The Bertz CT molecular complexity index is 2480. The summed E-state index contributed by atoms with van der Waals surface area (Å²) in [6.07, 6.45) is 2.07. The molecule has 0 saturated carbocycles. The van der Waals surface area contributed by atoms with E-state index < -0.39 is 32.6 Å². The smallest absolute Gasteiger partial charge is 0.329 e. The number of benzene rings is 4. The summed E-state index contributed by atoms with van der Waals surface area (Å²) in [5.41, 5.74) is 7.48. The van der Waals surface area contributed by atoms with Crippen LogP contribution in [0.4, 0.5) is 0 Å². The first kappa shape index (κ1) is 64.2. The molecule has 0 fully saturated rings. The fourth-order valence-corrected chi connectivity index (χ4v) is 10.6. The molecule has 0 spiro atoms. The first-order chi connectivity index (χ1) is 34.4. The number of amides is 1. The lowest BCUT2D eigenvalue weighted by molar-refractivity contribution is -0.142. The maximum absolute atomic E-state index is 13.1. The molecule has 0 aliphatic heterocycles. The van der Waals surface area contributed by atoms with Gasteiger partial charge in [-0.25, -0.2) is 21.6 Å². The molecule has 0 bridgehead atoms. The van der Waals surface area contributed by atoms with Gasteiger partial charge < -0.3 is 44.9 Å². The van der Waals surface area contributed by atoms with Crippen molar-refractivity contribution in [2.24, 2.45) is 0 Å². The molecular formula is C54H84N6O11S2. The fourth-order valence-electron chi connectivity index (χ4n) is 7.45. The van der Waals surface area contributed by atoms with Gasteiger partial charge in [-0.15, -0.1) is 0 Å². The summed E-state index contributed by atoms with van der Waals surface area (Å²) in [6, 6.07) is 24.9. The maximum atomic E-state index is 13.1. The molecule has 0 aliphatic rings. The van der Waals surface area contributed by atoms with Crippen LogP contribution in [-0.4, -0.2) is 154 Å². The zero-order valence-corrected chi connectivity index (χ0v) is 47.4. The van der Waals surface area contributed by atoms with Crippen LogP contribution in [0.3, 0.4) is 0 Å². The van der Waals surface area contributed by atoms with Gasteiger partial charge in [0.25, 0.3) is 0 Å². The van der Waals surface area contributed by atoms with Gasteiger partial charge in [0.1, 0.15) is 24.7 Å². The van der Waals surface area contributed by atoms with E-state index in [2.05, 4.69) is 80.0 Å². The maximum Gasteiger partial charge on any atom is 0.329 e. The van der Waals surface area contributed by atoms with Gasteiger partial charge in [0.2, 0.25) is 26.0 Å². The highest BCUT2D eigenvalue weighted by Gasteiger charge is 2.27. The minimum atomic E-state index is -3.70. The number of methoxy groups -OCH3 is 2. The van der Waals surface area contributed by atoms with Crippen molar-refractivity contribution in [2.75, 3.05) is 95.0 Å².